The molecule has 1 aromatic carbocycles. The van der Waals surface area contributed by atoms with Crippen LogP contribution in [0.1, 0.15) is 5.56 Å². The van der Waals surface area contributed by atoms with Gasteiger partial charge in [-0.1, -0.05) is 28.6 Å². The maximum absolute atomic E-state index is 13.9. The quantitative estimate of drug-likeness (QED) is 0.784. The van der Waals surface area contributed by atoms with Crippen LogP contribution in [0.5, 0.6) is 0 Å². The summed E-state index contributed by atoms with van der Waals surface area (Å²) in [5.41, 5.74) is 1.08. The molecular formula is C14H11BrF3N. The number of alkyl halides is 2. The Labute approximate surface area is 117 Å². The molecule has 0 atom stereocenters. The minimum absolute atomic E-state index is 0.273. The lowest BCUT2D eigenvalue weighted by atomic mass is 10.1. The van der Waals surface area contributed by atoms with Gasteiger partial charge in [-0.25, -0.2) is 13.2 Å². The molecule has 0 saturated heterocycles. The zero-order valence-electron chi connectivity index (χ0n) is 9.91. The number of benzene rings is 1. The van der Waals surface area contributed by atoms with Crippen molar-refractivity contribution in [1.29, 1.82) is 0 Å². The predicted molar refractivity (Wildman–Crippen MR) is 73.1 cm³/mol. The number of nitrogens with zero attached hydrogens (tertiary/aromatic N) is 1. The minimum Gasteiger partial charge on any atom is -0.336 e. The molecule has 1 aliphatic rings. The van der Waals surface area contributed by atoms with Gasteiger partial charge in [-0.15, -0.1) is 0 Å². The number of rotatable bonds is 3. The van der Waals surface area contributed by atoms with E-state index in [-0.39, 0.29) is 5.56 Å². The number of hydrogen-bond donors (Lipinski definition) is 0. The predicted octanol–water partition coefficient (Wildman–Crippen LogP) is 4.58. The van der Waals surface area contributed by atoms with Gasteiger partial charge in [-0.05, 0) is 30.4 Å². The Morgan fingerprint density at radius 1 is 1.32 bits per heavy atom. The average Bonchev–Trinajstić information content (AvgIpc) is 2.32. The van der Waals surface area contributed by atoms with Crippen LogP contribution in [0.25, 0.3) is 5.70 Å². The number of hydrogen-bond acceptors (Lipinski definition) is 1. The molecule has 0 bridgehead atoms. The highest BCUT2D eigenvalue weighted by atomic mass is 79.9. The van der Waals surface area contributed by atoms with Crippen molar-refractivity contribution in [1.82, 2.24) is 4.90 Å². The lowest BCUT2D eigenvalue weighted by Gasteiger charge is -2.30. The molecule has 1 aromatic rings. The summed E-state index contributed by atoms with van der Waals surface area (Å²) in [6, 6.07) is 4.52. The highest BCUT2D eigenvalue weighted by Crippen LogP contribution is 2.30. The molecule has 19 heavy (non-hydrogen) atoms. The van der Waals surface area contributed by atoms with Crippen molar-refractivity contribution in [2.24, 2.45) is 0 Å². The van der Waals surface area contributed by atoms with Crippen LogP contribution in [0.2, 0.25) is 0 Å². The first-order valence-electron chi connectivity index (χ1n) is 5.57. The molecule has 1 nitrogen and oxygen atoms in total. The molecule has 1 heterocycles. The monoisotopic (exact) mass is 329 g/mol. The van der Waals surface area contributed by atoms with Crippen LogP contribution in [0.15, 0.2) is 53.2 Å². The van der Waals surface area contributed by atoms with E-state index in [0.717, 1.165) is 0 Å². The Kier molecular flexibility index (Phi) is 4.14. The van der Waals surface area contributed by atoms with Crippen molar-refractivity contribution in [2.75, 3.05) is 6.54 Å². The van der Waals surface area contributed by atoms with Gasteiger partial charge in [0.05, 0.1) is 12.2 Å². The van der Waals surface area contributed by atoms with Gasteiger partial charge >= 0.3 is 0 Å². The molecule has 100 valence electrons. The Hall–Kier alpha value is -1.49. The molecule has 0 aliphatic carbocycles. The molecule has 0 amide bonds. The van der Waals surface area contributed by atoms with Gasteiger partial charge in [0.15, 0.2) is 0 Å². The fourth-order valence-corrected chi connectivity index (χ4v) is 2.20. The zero-order chi connectivity index (χ0) is 14.0. The summed E-state index contributed by atoms with van der Waals surface area (Å²) >= 11 is 3.16. The van der Waals surface area contributed by atoms with Gasteiger partial charge in [0, 0.05) is 15.7 Å². The average molecular weight is 330 g/mol. The van der Waals surface area contributed by atoms with Crippen molar-refractivity contribution in [3.05, 3.63) is 64.6 Å². The minimum atomic E-state index is -2.52. The summed E-state index contributed by atoms with van der Waals surface area (Å²) in [5.74, 6) is -0.469. The van der Waals surface area contributed by atoms with Crippen molar-refractivity contribution in [3.8, 4) is 0 Å². The van der Waals surface area contributed by atoms with E-state index in [4.69, 9.17) is 0 Å². The van der Waals surface area contributed by atoms with Crippen LogP contribution >= 0.6 is 15.9 Å². The topological polar surface area (TPSA) is 3.24 Å². The number of halogens is 4. The summed E-state index contributed by atoms with van der Waals surface area (Å²) in [6.45, 7) is 3.20. The van der Waals surface area contributed by atoms with E-state index >= 15 is 0 Å². The second-order valence-corrected chi connectivity index (χ2v) is 4.94. The molecular weight excluding hydrogens is 319 g/mol. The second kappa shape index (κ2) is 5.65. The Balaban J connectivity index is 2.42. The van der Waals surface area contributed by atoms with E-state index in [1.54, 1.807) is 30.4 Å². The molecule has 2 rings (SSSR count). The van der Waals surface area contributed by atoms with Crippen LogP contribution in [-0.4, -0.2) is 17.9 Å². The molecule has 0 aromatic heterocycles. The van der Waals surface area contributed by atoms with Gasteiger partial charge in [0.1, 0.15) is 5.82 Å². The van der Waals surface area contributed by atoms with Gasteiger partial charge in [0.2, 0.25) is 0 Å². The Morgan fingerprint density at radius 2 is 2.05 bits per heavy atom. The van der Waals surface area contributed by atoms with Gasteiger partial charge in [-0.2, -0.15) is 0 Å². The molecule has 5 heteroatoms. The zero-order valence-corrected chi connectivity index (χ0v) is 11.5. The van der Waals surface area contributed by atoms with Crippen LogP contribution in [0.3, 0.4) is 0 Å². The summed E-state index contributed by atoms with van der Waals surface area (Å²) in [7, 11) is 0. The SMILES string of the molecule is C=C1C=CC=C(c2ccc(Br)cc2F)N1CC(F)F. The second-order valence-electron chi connectivity index (χ2n) is 4.03. The largest absolute Gasteiger partial charge is 0.336 e. The molecule has 0 saturated carbocycles. The first kappa shape index (κ1) is 13.9. The van der Waals surface area contributed by atoms with Crippen LogP contribution in [-0.2, 0) is 0 Å². The van der Waals surface area contributed by atoms with E-state index in [2.05, 4.69) is 22.5 Å². The molecule has 0 spiro atoms. The van der Waals surface area contributed by atoms with Crippen LogP contribution < -0.4 is 0 Å². The summed E-state index contributed by atoms with van der Waals surface area (Å²) in [5, 5.41) is 0. The molecule has 0 N–H and O–H groups in total. The van der Waals surface area contributed by atoms with E-state index in [0.29, 0.717) is 15.9 Å². The summed E-state index contributed by atoms with van der Waals surface area (Å²) in [4.78, 5) is 1.32. The van der Waals surface area contributed by atoms with Crippen LogP contribution in [0.4, 0.5) is 13.2 Å². The van der Waals surface area contributed by atoms with Gasteiger partial charge < -0.3 is 4.90 Å². The maximum Gasteiger partial charge on any atom is 0.256 e. The normalized spacial score (nSPS) is 15.1. The third kappa shape index (κ3) is 3.10. The maximum atomic E-state index is 13.9. The smallest absolute Gasteiger partial charge is 0.256 e. The van der Waals surface area contributed by atoms with Gasteiger partial charge in [-0.3, -0.25) is 0 Å². The summed E-state index contributed by atoms with van der Waals surface area (Å²) < 4.78 is 39.8. The van der Waals surface area contributed by atoms with Gasteiger partial charge in [0.25, 0.3) is 6.43 Å². The first-order valence-corrected chi connectivity index (χ1v) is 6.36. The van der Waals surface area contributed by atoms with Crippen molar-refractivity contribution < 1.29 is 13.2 Å². The lowest BCUT2D eigenvalue weighted by molar-refractivity contribution is 0.123. The molecule has 0 fully saturated rings. The third-order valence-electron chi connectivity index (χ3n) is 2.71. The first-order chi connectivity index (χ1) is 8.99. The van der Waals surface area contributed by atoms with E-state index < -0.39 is 18.8 Å². The van der Waals surface area contributed by atoms with Crippen molar-refractivity contribution in [3.63, 3.8) is 0 Å². The van der Waals surface area contributed by atoms with Crippen molar-refractivity contribution in [2.45, 2.75) is 6.43 Å². The molecule has 1 aliphatic heterocycles. The van der Waals surface area contributed by atoms with E-state index in [1.807, 2.05) is 0 Å². The van der Waals surface area contributed by atoms with Crippen LogP contribution in [0, 0.1) is 5.82 Å². The molecule has 0 unspecified atom stereocenters. The summed E-state index contributed by atoms with van der Waals surface area (Å²) in [6.07, 6.45) is 2.36. The third-order valence-corrected chi connectivity index (χ3v) is 3.20. The highest BCUT2D eigenvalue weighted by molar-refractivity contribution is 9.10. The Morgan fingerprint density at radius 3 is 2.68 bits per heavy atom. The Bertz CT molecular complexity index is 564. The fourth-order valence-electron chi connectivity index (χ4n) is 1.87. The van der Waals surface area contributed by atoms with E-state index in [9.17, 15) is 13.2 Å². The molecule has 0 radical (unpaired) electrons. The lowest BCUT2D eigenvalue weighted by Crippen LogP contribution is -2.27. The fraction of sp³-hybridized carbons (Fsp3) is 0.143. The van der Waals surface area contributed by atoms with E-state index in [1.165, 1.54) is 11.0 Å². The number of allylic oxidation sites excluding steroid dienone is 3. The highest BCUT2D eigenvalue weighted by Gasteiger charge is 2.21. The van der Waals surface area contributed by atoms with Crippen molar-refractivity contribution >= 4 is 21.6 Å². The standard InChI is InChI=1S/C14H11BrF3N/c1-9-3-2-4-13(19(9)8-14(17)18)11-6-5-10(15)7-12(11)16/h2-7,14H,1,8H2.